The van der Waals surface area contributed by atoms with E-state index in [9.17, 15) is 48.9 Å². The zero-order valence-electron chi connectivity index (χ0n) is 48.4. The SMILES string of the molecule is CNN(C)Cc1cc2ccccc2n1CCC(=O)NCC(=O)N(CCO)CC(=O)N(CCO)CCC(=O)N(C)[C@@H](C)C(=O)O[C@H]1CC(=O)N(C)c2cc(cc(OC)c2Cl)C/C(C)=C/C=C/[C@@H](OC)[C@]2(O)C[C@H](OC(=O)N2)[C@@H](C)C2O[C@]21C. The lowest BCUT2D eigenvalue weighted by molar-refractivity contribution is -0.162. The largest absolute Gasteiger partial charge is 0.495 e. The van der Waals surface area contributed by atoms with Gasteiger partial charge in [0.1, 0.15) is 40.7 Å². The first-order valence-corrected chi connectivity index (χ1v) is 27.6. The van der Waals surface area contributed by atoms with Crippen LogP contribution in [-0.4, -0.2) is 211 Å². The Kier molecular flexibility index (Phi) is 22.5. The molecule has 3 aliphatic rings. The van der Waals surface area contributed by atoms with E-state index in [1.807, 2.05) is 60.9 Å². The molecule has 1 aromatic heterocycles. The molecule has 3 aromatic rings. The highest BCUT2D eigenvalue weighted by Gasteiger charge is 2.64. The summed E-state index contributed by atoms with van der Waals surface area (Å²) >= 11 is 6.83. The molecule has 0 spiro atoms. The molecule has 0 saturated carbocycles. The number of nitrogens with zero attached hydrogens (tertiary/aromatic N) is 6. The van der Waals surface area contributed by atoms with Crippen molar-refractivity contribution in [3.8, 4) is 5.75 Å². The number of fused-ring (bicyclic) bond motifs is 6. The summed E-state index contributed by atoms with van der Waals surface area (Å²) in [7, 11) is 9.45. The van der Waals surface area contributed by atoms with Gasteiger partial charge in [-0.15, -0.1) is 0 Å². The van der Waals surface area contributed by atoms with Crippen LogP contribution in [0.15, 0.2) is 66.3 Å². The quantitative estimate of drug-likeness (QED) is 0.0478. The molecule has 6 N–H and O–H groups in total. The fraction of sp³-hybridized carbons (Fsp3) is 0.561. The summed E-state index contributed by atoms with van der Waals surface area (Å²) in [4.78, 5) is 101. The number of carbonyl (C=O) groups excluding carboxylic acids is 7. The number of ether oxygens (including phenoxy) is 5. The van der Waals surface area contributed by atoms with Crippen molar-refractivity contribution in [1.29, 1.82) is 0 Å². The molecule has 1 unspecified atom stereocenters. The van der Waals surface area contributed by atoms with Gasteiger partial charge in [-0.25, -0.2) is 14.6 Å². The van der Waals surface area contributed by atoms with Gasteiger partial charge in [-0.05, 0) is 69.5 Å². The molecule has 0 radical (unpaired) electrons. The summed E-state index contributed by atoms with van der Waals surface area (Å²) in [5.41, 5.74) is 3.65. The number of benzene rings is 2. The minimum atomic E-state index is -1.91. The third kappa shape index (κ3) is 15.7. The van der Waals surface area contributed by atoms with E-state index in [0.29, 0.717) is 30.9 Å². The maximum atomic E-state index is 14.5. The van der Waals surface area contributed by atoms with Crippen molar-refractivity contribution in [2.75, 3.05) is 93.2 Å². The molecule has 2 fully saturated rings. The lowest BCUT2D eigenvalue weighted by atomic mass is 9.83. The third-order valence-corrected chi connectivity index (χ3v) is 15.9. The number of esters is 1. The highest BCUT2D eigenvalue weighted by Crippen LogP contribution is 2.49. The second-order valence-electron chi connectivity index (χ2n) is 21.2. The molecule has 6 rings (SSSR count). The molecule has 4 heterocycles. The third-order valence-electron chi connectivity index (χ3n) is 15.6. The summed E-state index contributed by atoms with van der Waals surface area (Å²) in [5, 5.41) is 39.9. The molecule has 25 heteroatoms. The summed E-state index contributed by atoms with van der Waals surface area (Å²) in [5.74, 6) is -4.08. The number of amides is 6. The first-order chi connectivity index (χ1) is 38.9. The average molecular weight is 1170 g/mol. The number of hydrogen-bond acceptors (Lipinski definition) is 17. The van der Waals surface area contributed by atoms with E-state index < -0.39 is 122 Å². The number of alkyl carbamates (subject to hydrolysis) is 1. The average Bonchev–Trinajstić information content (AvgIpc) is 4.01. The summed E-state index contributed by atoms with van der Waals surface area (Å²) < 4.78 is 31.5. The molecule has 6 amide bonds. The van der Waals surface area contributed by atoms with Crippen LogP contribution < -0.4 is 25.7 Å². The Bertz CT molecular complexity index is 2870. The number of para-hydroxylation sites is 1. The fourth-order valence-electron chi connectivity index (χ4n) is 10.4. The predicted octanol–water partition coefficient (Wildman–Crippen LogP) is 2.27. The van der Waals surface area contributed by atoms with Crippen LogP contribution >= 0.6 is 11.6 Å². The van der Waals surface area contributed by atoms with Gasteiger partial charge in [-0.1, -0.05) is 60.5 Å². The minimum absolute atomic E-state index is 0.0508. The Morgan fingerprint density at radius 1 is 0.988 bits per heavy atom. The van der Waals surface area contributed by atoms with Crippen LogP contribution in [0.25, 0.3) is 10.9 Å². The van der Waals surface area contributed by atoms with Crippen LogP contribution in [0, 0.1) is 5.92 Å². The topological polar surface area (TPSA) is 287 Å². The molecule has 24 nitrogen and oxygen atoms in total. The monoisotopic (exact) mass is 1170 g/mol. The van der Waals surface area contributed by atoms with Crippen LogP contribution in [0.3, 0.4) is 0 Å². The van der Waals surface area contributed by atoms with E-state index in [1.165, 1.54) is 45.0 Å². The Hall–Kier alpha value is -6.64. The molecule has 2 saturated heterocycles. The van der Waals surface area contributed by atoms with Gasteiger partial charge in [-0.3, -0.25) is 34.7 Å². The molecule has 2 aromatic carbocycles. The van der Waals surface area contributed by atoms with Crippen LogP contribution in [0.5, 0.6) is 5.75 Å². The van der Waals surface area contributed by atoms with E-state index in [0.717, 1.165) is 37.5 Å². The number of aryl methyl sites for hydroxylation is 1. The van der Waals surface area contributed by atoms with Gasteiger partial charge in [0.05, 0.1) is 58.2 Å². The molecule has 4 bridgehead atoms. The van der Waals surface area contributed by atoms with Gasteiger partial charge >= 0.3 is 12.1 Å². The minimum Gasteiger partial charge on any atom is -0.495 e. The number of allylic oxidation sites excluding steroid dienone is 3. The number of rotatable bonds is 22. The maximum absolute atomic E-state index is 14.5. The molecule has 0 aliphatic carbocycles. The number of aromatic nitrogens is 1. The van der Waals surface area contributed by atoms with E-state index >= 15 is 0 Å². The number of epoxide rings is 1. The van der Waals surface area contributed by atoms with Crippen LogP contribution in [0.4, 0.5) is 10.5 Å². The highest BCUT2D eigenvalue weighted by molar-refractivity contribution is 6.35. The van der Waals surface area contributed by atoms with Gasteiger partial charge in [0.25, 0.3) is 0 Å². The number of aliphatic hydroxyl groups is 3. The number of methoxy groups -OCH3 is 2. The number of hydrogen-bond donors (Lipinski definition) is 6. The number of halogens is 1. The van der Waals surface area contributed by atoms with Crippen molar-refractivity contribution in [2.45, 2.75) is 115 Å². The number of carbonyl (C=O) groups is 7. The standard InChI is InChI=1S/C57H80ClN9O15/c1-35-14-13-17-45(79-10)57(77)31-44(80-55(76)61-57)36(2)53-56(4,82-53)46(30-49(72)64(8)42-27-38(26-35)28-43(78-9)52(42)58)81-54(75)37(3)63(7)48(71)19-20-65(22-24-68)51(74)34-66(23-25-69)50(73)32-60-47(70)18-21-67-40(33-62(6)59-5)29-39-15-11-12-16-41(39)67/h11-17,27-29,36-37,44-46,53,59,68-69,77H,18-26,30-34H2,1-10H3,(H,60,70)(H,61,76)/b17-13+,35-14+/t36-,37+,44+,45-,46+,53?,56+,57-/m1/s1. The second kappa shape index (κ2) is 28.6. The van der Waals surface area contributed by atoms with Crippen molar-refractivity contribution in [3.05, 3.63) is 82.5 Å². The molecule has 3 aliphatic heterocycles. The number of hydrazine groups is 1. The molecule has 82 heavy (non-hydrogen) atoms. The van der Waals surface area contributed by atoms with Gasteiger partial charge in [0.15, 0.2) is 5.72 Å². The molecular weight excluding hydrogens is 1090 g/mol. The van der Waals surface area contributed by atoms with Gasteiger partial charge in [0.2, 0.25) is 29.5 Å². The van der Waals surface area contributed by atoms with Crippen LogP contribution in [0.1, 0.15) is 64.6 Å². The highest BCUT2D eigenvalue weighted by atomic mass is 35.5. The first kappa shape index (κ1) is 64.5. The fourth-order valence-corrected chi connectivity index (χ4v) is 10.7. The van der Waals surface area contributed by atoms with Gasteiger partial charge in [-0.2, -0.15) is 0 Å². The van der Waals surface area contributed by atoms with Crippen molar-refractivity contribution < 1.29 is 72.6 Å². The number of likely N-dealkylation sites (N-methyl/N-ethyl adjacent to an activating group) is 1. The second-order valence-corrected chi connectivity index (χ2v) is 21.6. The first-order valence-electron chi connectivity index (χ1n) is 27.3. The van der Waals surface area contributed by atoms with E-state index in [2.05, 4.69) is 22.1 Å². The van der Waals surface area contributed by atoms with Crippen molar-refractivity contribution in [2.24, 2.45) is 5.92 Å². The Labute approximate surface area is 483 Å². The summed E-state index contributed by atoms with van der Waals surface area (Å²) in [6, 6.07) is 12.1. The van der Waals surface area contributed by atoms with Crippen molar-refractivity contribution in [1.82, 2.24) is 40.3 Å². The Morgan fingerprint density at radius 2 is 1.70 bits per heavy atom. The number of nitrogens with one attached hydrogen (secondary N) is 3. The lowest BCUT2D eigenvalue weighted by Crippen LogP contribution is -2.63. The van der Waals surface area contributed by atoms with Crippen LogP contribution in [-0.2, 0) is 67.2 Å². The van der Waals surface area contributed by atoms with Gasteiger partial charge < -0.3 is 68.5 Å². The van der Waals surface area contributed by atoms with Gasteiger partial charge in [0, 0.05) is 90.8 Å². The Balaban J connectivity index is 1.12. The smallest absolute Gasteiger partial charge is 0.409 e. The van der Waals surface area contributed by atoms with Crippen LogP contribution in [0.2, 0.25) is 5.02 Å². The summed E-state index contributed by atoms with van der Waals surface area (Å²) in [6.45, 7) is 4.93. The van der Waals surface area contributed by atoms with Crippen molar-refractivity contribution >= 4 is 69.8 Å². The number of aliphatic hydroxyl groups excluding tert-OH is 2. The zero-order chi connectivity index (χ0) is 60.2. The normalized spacial score (nSPS) is 24.3. The summed E-state index contributed by atoms with van der Waals surface area (Å²) in [6.07, 6.45) is -0.265. The Morgan fingerprint density at radius 3 is 2.38 bits per heavy atom. The van der Waals surface area contributed by atoms with Crippen molar-refractivity contribution in [3.63, 3.8) is 0 Å². The molecule has 450 valence electrons. The van der Waals surface area contributed by atoms with E-state index in [1.54, 1.807) is 38.1 Å². The van der Waals surface area contributed by atoms with E-state index in [-0.39, 0.29) is 43.9 Å². The maximum Gasteiger partial charge on any atom is 0.409 e. The molecule has 8 atom stereocenters. The lowest BCUT2D eigenvalue weighted by Gasteiger charge is -2.42. The molecular formula is C57H80ClN9O15. The predicted molar refractivity (Wildman–Crippen MR) is 303 cm³/mol. The zero-order valence-corrected chi connectivity index (χ0v) is 49.2. The van der Waals surface area contributed by atoms with E-state index in [4.69, 9.17) is 35.3 Å². The number of anilines is 1.